The Labute approximate surface area is 556 Å². The molecule has 0 aromatic heterocycles. The zero-order valence-corrected chi connectivity index (χ0v) is 57.9. The maximum atomic E-state index is 15.2. The van der Waals surface area contributed by atoms with Crippen molar-refractivity contribution in [3.63, 3.8) is 0 Å². The van der Waals surface area contributed by atoms with Crippen molar-refractivity contribution in [2.75, 3.05) is 55.4 Å². The molecule has 4 fully saturated rings. The summed E-state index contributed by atoms with van der Waals surface area (Å²) >= 11 is 6.11. The number of amides is 11. The molecule has 22 nitrogen and oxygen atoms in total. The van der Waals surface area contributed by atoms with Gasteiger partial charge in [0.05, 0.1) is 17.1 Å². The number of halogens is 4. The zero-order chi connectivity index (χ0) is 70.0. The molecule has 2 saturated carbocycles. The number of hydrogen-bond donors (Lipinski definition) is 4. The first-order valence-corrected chi connectivity index (χ1v) is 33.4. The van der Waals surface area contributed by atoms with E-state index in [0.29, 0.717) is 37.7 Å². The van der Waals surface area contributed by atoms with E-state index in [4.69, 9.17) is 11.6 Å². The van der Waals surface area contributed by atoms with Gasteiger partial charge in [-0.05, 0) is 120 Å². The number of rotatable bonds is 10. The molecule has 26 heteroatoms. The highest BCUT2D eigenvalue weighted by Crippen LogP contribution is 2.38. The second-order valence-electron chi connectivity index (χ2n) is 27.2. The Morgan fingerprint density at radius 3 is 1.82 bits per heavy atom. The van der Waals surface area contributed by atoms with E-state index in [0.717, 1.165) is 40.3 Å². The van der Waals surface area contributed by atoms with Gasteiger partial charge in [0.1, 0.15) is 53.9 Å². The van der Waals surface area contributed by atoms with Crippen LogP contribution < -0.4 is 21.3 Å². The van der Waals surface area contributed by atoms with Crippen molar-refractivity contribution < 1.29 is 65.9 Å². The molecular weight excluding hydrogens is 1240 g/mol. The maximum Gasteiger partial charge on any atom is 0.417 e. The van der Waals surface area contributed by atoms with E-state index >= 15 is 4.79 Å². The molecule has 1 unspecified atom stereocenters. The monoisotopic (exact) mass is 1340 g/mol. The van der Waals surface area contributed by atoms with E-state index in [1.54, 1.807) is 26.0 Å². The molecule has 1 spiro atoms. The van der Waals surface area contributed by atoms with Crippen molar-refractivity contribution >= 4 is 76.6 Å². The van der Waals surface area contributed by atoms with Crippen LogP contribution in [0.3, 0.4) is 0 Å². The minimum absolute atomic E-state index is 0.0351. The number of nitrogens with zero attached hydrogens (tertiary/aromatic N) is 7. The summed E-state index contributed by atoms with van der Waals surface area (Å²) in [6.07, 6.45) is -0.213. The van der Waals surface area contributed by atoms with Gasteiger partial charge in [-0.15, -0.1) is 0 Å². The quantitative estimate of drug-likeness (QED) is 0.226. The predicted molar refractivity (Wildman–Crippen MR) is 348 cm³/mol. The van der Waals surface area contributed by atoms with E-state index < -0.39 is 154 Å². The Morgan fingerprint density at radius 2 is 1.26 bits per heavy atom. The molecule has 0 radical (unpaired) electrons. The normalized spacial score (nSPS) is 26.9. The van der Waals surface area contributed by atoms with Crippen LogP contribution in [0.2, 0.25) is 5.02 Å². The van der Waals surface area contributed by atoms with Crippen LogP contribution in [-0.4, -0.2) is 215 Å². The van der Waals surface area contributed by atoms with Crippen molar-refractivity contribution in [3.05, 3.63) is 69.7 Å². The third-order valence-corrected chi connectivity index (χ3v) is 20.2. The third kappa shape index (κ3) is 18.2. The molecule has 11 amide bonds. The van der Waals surface area contributed by atoms with Crippen LogP contribution in [0, 0.1) is 24.7 Å². The summed E-state index contributed by atoms with van der Waals surface area (Å²) in [5, 5.41) is 11.0. The lowest BCUT2D eigenvalue weighted by atomic mass is 9.90. The maximum absolute atomic E-state index is 15.2. The van der Waals surface area contributed by atoms with Gasteiger partial charge in [0, 0.05) is 67.7 Å². The minimum Gasteiger partial charge on any atom is -0.351 e. The highest BCUT2D eigenvalue weighted by molar-refractivity contribution is 6.31. The number of likely N-dealkylation sites (N-methyl/N-ethyl adjacent to an activating group) is 6. The van der Waals surface area contributed by atoms with Crippen LogP contribution in [0.4, 0.5) is 13.2 Å². The lowest BCUT2D eigenvalue weighted by Gasteiger charge is -2.45. The van der Waals surface area contributed by atoms with Gasteiger partial charge in [-0.1, -0.05) is 107 Å². The second-order valence-corrected chi connectivity index (χ2v) is 27.6. The smallest absolute Gasteiger partial charge is 0.351 e. The Hall–Kier alpha value is -7.31. The Balaban J connectivity index is 1.39. The highest BCUT2D eigenvalue weighted by Gasteiger charge is 2.50. The van der Waals surface area contributed by atoms with Crippen LogP contribution in [-0.2, 0) is 71.8 Å². The SMILES string of the molecule is CC[C@H](C)[C@@H]1NC(=O)[C@H](CC(C)C)N(C)C(=O)C[C@H](C)NC(=O)[C@H](C2CCCC2)N(C)C(=O)C2(CCCC2)NC(=O)[C@H](C)N(C)C(=O)[C@H](CCc2ccc(C(F)(F)F)c(Cl)c2)NC(=O)CN(C)C(=O)[C@H](Cc2ccc(C)cc2)N(C)C(=O)C2CCN2C(=O)[C@H](C)N(C)C1=O. The summed E-state index contributed by atoms with van der Waals surface area (Å²) in [7, 11) is 8.52. The van der Waals surface area contributed by atoms with Crippen LogP contribution >= 0.6 is 11.6 Å². The first kappa shape index (κ1) is 75.7. The standard InChI is InChI=1S/C68H99ClF3N11O11/c1-15-41(5)56-65(93)79(11)44(8)61(89)83-33-30-51(83)64(92)81(13)53(37-46-24-22-40(4)23-25-46)63(91)77(9)38-54(84)74-50(29-27-45-26-28-48(49(69)36-45)68(70,71)72)62(90)78(10)43(7)58(86)76-67(31-18-19-32-67)66(94)82(14)57(47-20-16-17-21-47)60(88)73-42(6)35-55(85)80(12)52(34-39(2)3)59(87)75-56/h22-26,28,36,39,41-44,47,50-53,56-57H,15-21,27,29-35,37-38H2,1-14H3,(H,73,88)(H,74,84)(H,75,87)(H,76,86)/t41-,42-,43-,44-,50-,51?,52-,53-,56-,57-/m0/s1. The summed E-state index contributed by atoms with van der Waals surface area (Å²) in [6, 6.07) is 0.0538. The van der Waals surface area contributed by atoms with Crippen molar-refractivity contribution in [3.8, 4) is 0 Å². The fraction of sp³-hybridized carbons (Fsp3) is 0.662. The predicted octanol–water partition coefficient (Wildman–Crippen LogP) is 5.67. The molecule has 6 rings (SSSR count). The molecule has 2 saturated heterocycles. The fourth-order valence-corrected chi connectivity index (χ4v) is 13.6. The molecule has 2 aromatic rings. The number of nitrogens with one attached hydrogen (secondary N) is 4. The lowest BCUT2D eigenvalue weighted by Crippen LogP contribution is -2.65. The molecule has 520 valence electrons. The number of carbonyl (C=O) groups is 11. The second kappa shape index (κ2) is 32.4. The summed E-state index contributed by atoms with van der Waals surface area (Å²) < 4.78 is 41.4. The molecule has 10 atom stereocenters. The van der Waals surface area contributed by atoms with Gasteiger partial charge in [-0.2, -0.15) is 13.2 Å². The molecule has 4 aliphatic rings. The van der Waals surface area contributed by atoms with E-state index in [2.05, 4.69) is 21.3 Å². The number of aryl methyl sites for hydroxylation is 2. The van der Waals surface area contributed by atoms with E-state index in [1.165, 1.54) is 86.7 Å². The van der Waals surface area contributed by atoms with Gasteiger partial charge in [-0.25, -0.2) is 0 Å². The van der Waals surface area contributed by atoms with Crippen molar-refractivity contribution in [2.45, 2.75) is 218 Å². The first-order chi connectivity index (χ1) is 44.0. The molecule has 2 heterocycles. The van der Waals surface area contributed by atoms with Crippen LogP contribution in [0.1, 0.15) is 154 Å². The molecule has 2 aromatic carbocycles. The van der Waals surface area contributed by atoms with E-state index in [9.17, 15) is 61.1 Å². The lowest BCUT2D eigenvalue weighted by molar-refractivity contribution is -0.160. The summed E-state index contributed by atoms with van der Waals surface area (Å²) in [5.74, 6) is -7.83. The highest BCUT2D eigenvalue weighted by atomic mass is 35.5. The minimum atomic E-state index is -4.76. The van der Waals surface area contributed by atoms with Gasteiger partial charge >= 0.3 is 6.18 Å². The van der Waals surface area contributed by atoms with Gasteiger partial charge in [0.2, 0.25) is 65.0 Å². The summed E-state index contributed by atoms with van der Waals surface area (Å²) in [6.45, 7) is 13.4. The number of hydrogen-bond acceptors (Lipinski definition) is 11. The van der Waals surface area contributed by atoms with Crippen LogP contribution in [0.15, 0.2) is 42.5 Å². The Morgan fingerprint density at radius 1 is 0.649 bits per heavy atom. The largest absolute Gasteiger partial charge is 0.417 e. The first-order valence-electron chi connectivity index (χ1n) is 33.0. The van der Waals surface area contributed by atoms with Crippen molar-refractivity contribution in [1.82, 2.24) is 55.6 Å². The van der Waals surface area contributed by atoms with Gasteiger partial charge in [0.15, 0.2) is 0 Å². The van der Waals surface area contributed by atoms with Crippen LogP contribution in [0.5, 0.6) is 0 Å². The molecule has 2 aliphatic heterocycles. The average Bonchev–Trinajstić information content (AvgIpc) is 1.30. The van der Waals surface area contributed by atoms with Gasteiger partial charge in [0.25, 0.3) is 0 Å². The summed E-state index contributed by atoms with van der Waals surface area (Å²) in [4.78, 5) is 170. The molecular formula is C68H99ClF3N11O11. The number of fused-ring (bicyclic) bond motifs is 1. The van der Waals surface area contributed by atoms with Gasteiger partial charge in [-0.3, -0.25) is 52.7 Å². The number of carbonyl (C=O) groups excluding carboxylic acids is 11. The third-order valence-electron chi connectivity index (χ3n) is 19.9. The topological polar surface area (TPSA) is 259 Å². The molecule has 2 aliphatic carbocycles. The number of benzene rings is 2. The van der Waals surface area contributed by atoms with Crippen molar-refractivity contribution in [2.24, 2.45) is 17.8 Å². The van der Waals surface area contributed by atoms with E-state index in [1.807, 2.05) is 39.8 Å². The van der Waals surface area contributed by atoms with E-state index in [-0.39, 0.29) is 75.3 Å². The molecule has 4 N–H and O–H groups in total. The van der Waals surface area contributed by atoms with Gasteiger partial charge < -0.3 is 55.6 Å². The summed E-state index contributed by atoms with van der Waals surface area (Å²) in [5.41, 5.74) is -0.733. The fourth-order valence-electron chi connectivity index (χ4n) is 13.3. The van der Waals surface area contributed by atoms with Crippen molar-refractivity contribution in [1.29, 1.82) is 0 Å². The molecule has 0 bridgehead atoms. The van der Waals surface area contributed by atoms with Crippen LogP contribution in [0.25, 0.3) is 0 Å². The molecule has 94 heavy (non-hydrogen) atoms. The Bertz CT molecular complexity index is 3100. The number of alkyl halides is 3. The average molecular weight is 1340 g/mol. The zero-order valence-electron chi connectivity index (χ0n) is 57.1. The Kier molecular flexibility index (Phi) is 26.1.